The van der Waals surface area contributed by atoms with Gasteiger partial charge in [-0.15, -0.1) is 0 Å². The minimum absolute atomic E-state index is 0.00299. The Morgan fingerprint density at radius 3 is 2.29 bits per heavy atom. The molecular weight excluding hydrogens is 500 g/mol. The predicted molar refractivity (Wildman–Crippen MR) is 134 cm³/mol. The zero-order valence-electron chi connectivity index (χ0n) is 18.8. The molecule has 1 fully saturated rings. The molecule has 1 heterocycles. The first-order chi connectivity index (χ1) is 16.6. The lowest BCUT2D eigenvalue weighted by Crippen LogP contribution is -2.43. The number of ether oxygens (including phenoxy) is 4. The van der Waals surface area contributed by atoms with Crippen molar-refractivity contribution in [3.05, 3.63) is 76.8 Å². The Balaban J connectivity index is 1.31. The fraction of sp³-hybridized carbons (Fsp3) is 0.231. The first kappa shape index (κ1) is 23.8. The fourth-order valence-corrected chi connectivity index (χ4v) is 3.80. The molecule has 0 bridgehead atoms. The molecule has 1 aliphatic heterocycles. The number of methoxy groups -OCH3 is 1. The summed E-state index contributed by atoms with van der Waals surface area (Å²) in [7, 11) is 1.63. The molecule has 0 unspecified atom stereocenters. The van der Waals surface area contributed by atoms with Crippen LogP contribution in [0.5, 0.6) is 23.0 Å². The highest BCUT2D eigenvalue weighted by atomic mass is 79.9. The predicted octanol–water partition coefficient (Wildman–Crippen LogP) is 5.24. The Labute approximate surface area is 207 Å². The van der Waals surface area contributed by atoms with E-state index in [0.717, 1.165) is 33.0 Å². The summed E-state index contributed by atoms with van der Waals surface area (Å²) in [5.41, 5.74) is 1.70. The van der Waals surface area contributed by atoms with E-state index >= 15 is 0 Å². The first-order valence-corrected chi connectivity index (χ1v) is 11.6. The van der Waals surface area contributed by atoms with E-state index in [1.807, 2.05) is 66.7 Å². The van der Waals surface area contributed by atoms with Gasteiger partial charge in [-0.25, -0.2) is 0 Å². The third-order valence-electron chi connectivity index (χ3n) is 5.17. The Hall–Kier alpha value is -3.36. The van der Waals surface area contributed by atoms with E-state index in [4.69, 9.17) is 18.9 Å². The number of amides is 1. The van der Waals surface area contributed by atoms with E-state index in [1.54, 1.807) is 18.2 Å². The van der Waals surface area contributed by atoms with E-state index < -0.39 is 0 Å². The summed E-state index contributed by atoms with van der Waals surface area (Å²) in [6.07, 6.45) is 1.77. The van der Waals surface area contributed by atoms with Crippen molar-refractivity contribution in [2.24, 2.45) is 4.99 Å². The van der Waals surface area contributed by atoms with Gasteiger partial charge in [-0.1, -0.05) is 0 Å². The van der Waals surface area contributed by atoms with Gasteiger partial charge in [-0.05, 0) is 88.2 Å². The van der Waals surface area contributed by atoms with Crippen molar-refractivity contribution in [1.29, 1.82) is 0 Å². The molecule has 1 amide bonds. The first-order valence-electron chi connectivity index (χ1n) is 10.8. The minimum atomic E-state index is -0.0414. The number of carbonyl (C=O) groups excluding carboxylic acids is 1. The van der Waals surface area contributed by atoms with Gasteiger partial charge < -0.3 is 23.8 Å². The number of benzene rings is 3. The summed E-state index contributed by atoms with van der Waals surface area (Å²) in [4.78, 5) is 18.5. The topological polar surface area (TPSA) is 69.6 Å². The molecule has 0 saturated carbocycles. The summed E-state index contributed by atoms with van der Waals surface area (Å²) in [5.74, 6) is 2.81. The van der Waals surface area contributed by atoms with E-state index in [0.29, 0.717) is 32.1 Å². The number of aliphatic imine (C=N–C) groups is 1. The van der Waals surface area contributed by atoms with Crippen molar-refractivity contribution in [2.45, 2.75) is 0 Å². The third kappa shape index (κ3) is 6.59. The number of morpholine rings is 1. The van der Waals surface area contributed by atoms with Gasteiger partial charge in [0, 0.05) is 19.3 Å². The number of hydrogen-bond acceptors (Lipinski definition) is 6. The van der Waals surface area contributed by atoms with Gasteiger partial charge in [0.2, 0.25) is 0 Å². The fourth-order valence-electron chi connectivity index (χ4n) is 3.29. The number of nitrogens with zero attached hydrogens (tertiary/aromatic N) is 2. The molecule has 7 nitrogen and oxygen atoms in total. The molecule has 176 valence electrons. The quantitative estimate of drug-likeness (QED) is 0.377. The number of halogens is 1. The highest BCUT2D eigenvalue weighted by Gasteiger charge is 2.17. The SMILES string of the molecule is COc1ccc(Oc2ccc(N=Cc3ccc(OCC(=O)N4CCOCC4)c(Br)c3)cc2)cc1. The van der Waals surface area contributed by atoms with Gasteiger partial charge in [0.15, 0.2) is 6.61 Å². The molecule has 3 aromatic rings. The highest BCUT2D eigenvalue weighted by molar-refractivity contribution is 9.10. The van der Waals surface area contributed by atoms with Crippen molar-refractivity contribution in [3.63, 3.8) is 0 Å². The van der Waals surface area contributed by atoms with Crippen LogP contribution in [0.2, 0.25) is 0 Å². The summed E-state index contributed by atoms with van der Waals surface area (Å²) < 4.78 is 22.7. The molecule has 0 radical (unpaired) electrons. The van der Waals surface area contributed by atoms with Crippen molar-refractivity contribution in [2.75, 3.05) is 40.0 Å². The van der Waals surface area contributed by atoms with Crippen molar-refractivity contribution >= 4 is 33.7 Å². The second kappa shape index (κ2) is 11.7. The summed E-state index contributed by atoms with van der Waals surface area (Å²) >= 11 is 3.51. The van der Waals surface area contributed by atoms with Crippen LogP contribution in [0.15, 0.2) is 76.2 Å². The summed E-state index contributed by atoms with van der Waals surface area (Å²) in [6, 6.07) is 20.5. The van der Waals surface area contributed by atoms with E-state index in [9.17, 15) is 4.79 Å². The van der Waals surface area contributed by atoms with Gasteiger partial charge >= 0.3 is 0 Å². The molecule has 0 aliphatic carbocycles. The Morgan fingerprint density at radius 2 is 1.65 bits per heavy atom. The molecule has 4 rings (SSSR count). The van der Waals surface area contributed by atoms with Crippen LogP contribution in [0.3, 0.4) is 0 Å². The summed E-state index contributed by atoms with van der Waals surface area (Å²) in [5, 5.41) is 0. The molecule has 1 saturated heterocycles. The lowest BCUT2D eigenvalue weighted by atomic mass is 10.2. The number of carbonyl (C=O) groups is 1. The molecule has 0 spiro atoms. The maximum Gasteiger partial charge on any atom is 0.260 e. The van der Waals surface area contributed by atoms with Gasteiger partial charge in [0.1, 0.15) is 23.0 Å². The lowest BCUT2D eigenvalue weighted by molar-refractivity contribution is -0.137. The average Bonchev–Trinajstić information content (AvgIpc) is 2.88. The van der Waals surface area contributed by atoms with Crippen LogP contribution in [0.25, 0.3) is 0 Å². The van der Waals surface area contributed by atoms with E-state index in [1.165, 1.54) is 0 Å². The van der Waals surface area contributed by atoms with Gasteiger partial charge in [-0.3, -0.25) is 9.79 Å². The third-order valence-corrected chi connectivity index (χ3v) is 5.79. The Morgan fingerprint density at radius 1 is 1.00 bits per heavy atom. The molecular formula is C26H25BrN2O5. The molecule has 0 aromatic heterocycles. The number of hydrogen-bond donors (Lipinski definition) is 0. The van der Waals surface area contributed by atoms with Gasteiger partial charge in [-0.2, -0.15) is 0 Å². The van der Waals surface area contributed by atoms with Crippen molar-refractivity contribution in [1.82, 2.24) is 4.90 Å². The van der Waals surface area contributed by atoms with Gasteiger partial charge in [0.05, 0.1) is 30.5 Å². The second-order valence-electron chi connectivity index (χ2n) is 7.50. The van der Waals surface area contributed by atoms with Crippen LogP contribution in [0, 0.1) is 0 Å². The van der Waals surface area contributed by atoms with Crippen LogP contribution in [0.4, 0.5) is 5.69 Å². The molecule has 8 heteroatoms. The lowest BCUT2D eigenvalue weighted by Gasteiger charge is -2.26. The van der Waals surface area contributed by atoms with Gasteiger partial charge in [0.25, 0.3) is 5.91 Å². The maximum atomic E-state index is 12.3. The standard InChI is InChI=1S/C26H25BrN2O5/c1-31-21-7-9-23(10-8-21)34-22-5-3-20(4-6-22)28-17-19-2-11-25(24(27)16-19)33-18-26(30)29-12-14-32-15-13-29/h2-11,16-17H,12-15,18H2,1H3. The van der Waals surface area contributed by atoms with Crippen LogP contribution in [-0.4, -0.2) is 57.0 Å². The van der Waals surface area contributed by atoms with Crippen LogP contribution < -0.4 is 14.2 Å². The Kier molecular flexibility index (Phi) is 8.17. The monoisotopic (exact) mass is 524 g/mol. The van der Waals surface area contributed by atoms with Crippen LogP contribution >= 0.6 is 15.9 Å². The van der Waals surface area contributed by atoms with Crippen molar-refractivity contribution < 1.29 is 23.7 Å². The van der Waals surface area contributed by atoms with Crippen molar-refractivity contribution in [3.8, 4) is 23.0 Å². The second-order valence-corrected chi connectivity index (χ2v) is 8.36. The zero-order chi connectivity index (χ0) is 23.8. The normalized spacial score (nSPS) is 13.6. The average molecular weight is 525 g/mol. The summed E-state index contributed by atoms with van der Waals surface area (Å²) in [6.45, 7) is 2.35. The zero-order valence-corrected chi connectivity index (χ0v) is 20.4. The molecule has 0 atom stereocenters. The smallest absolute Gasteiger partial charge is 0.260 e. The molecule has 3 aromatic carbocycles. The number of rotatable bonds is 8. The largest absolute Gasteiger partial charge is 0.497 e. The molecule has 34 heavy (non-hydrogen) atoms. The minimum Gasteiger partial charge on any atom is -0.497 e. The molecule has 0 N–H and O–H groups in total. The van der Waals surface area contributed by atoms with E-state index in [-0.39, 0.29) is 12.5 Å². The molecule has 1 aliphatic rings. The maximum absolute atomic E-state index is 12.3. The highest BCUT2D eigenvalue weighted by Crippen LogP contribution is 2.27. The van der Waals surface area contributed by atoms with Crippen LogP contribution in [-0.2, 0) is 9.53 Å². The van der Waals surface area contributed by atoms with E-state index in [2.05, 4.69) is 20.9 Å². The van der Waals surface area contributed by atoms with Crippen LogP contribution in [0.1, 0.15) is 5.56 Å². The Bertz CT molecular complexity index is 1130.